The van der Waals surface area contributed by atoms with Crippen molar-refractivity contribution in [3.8, 4) is 22.9 Å². The molecular weight excluding hydrogens is 428 g/mol. The van der Waals surface area contributed by atoms with Gasteiger partial charge in [0, 0.05) is 38.6 Å². The molecule has 0 radical (unpaired) electrons. The molecule has 0 saturated carbocycles. The van der Waals surface area contributed by atoms with E-state index >= 15 is 0 Å². The fourth-order valence-corrected chi connectivity index (χ4v) is 4.05. The molecule has 0 atom stereocenters. The van der Waals surface area contributed by atoms with Crippen molar-refractivity contribution in [2.75, 3.05) is 45.6 Å². The first-order valence-electron chi connectivity index (χ1n) is 10.2. The summed E-state index contributed by atoms with van der Waals surface area (Å²) in [6.45, 7) is 1.28. The number of carbonyl (C=O) groups is 1. The Bertz CT molecular complexity index is 1030. The molecule has 1 aromatic heterocycles. The Kier molecular flexibility index (Phi) is 8.52. The first-order valence-corrected chi connectivity index (χ1v) is 11.2. The topological polar surface area (TPSA) is 78.7 Å². The first kappa shape index (κ1) is 23.6. The Labute approximate surface area is 192 Å². The zero-order chi connectivity index (χ0) is 22.9. The van der Waals surface area contributed by atoms with Crippen LogP contribution < -0.4 is 14.4 Å². The Morgan fingerprint density at radius 2 is 1.78 bits per heavy atom. The lowest BCUT2D eigenvalue weighted by Gasteiger charge is -2.17. The van der Waals surface area contributed by atoms with Gasteiger partial charge in [0.15, 0.2) is 22.5 Å². The molecule has 170 valence electrons. The van der Waals surface area contributed by atoms with Crippen LogP contribution in [0, 0.1) is 0 Å². The van der Waals surface area contributed by atoms with Gasteiger partial charge >= 0.3 is 0 Å². The van der Waals surface area contributed by atoms with Gasteiger partial charge in [0.1, 0.15) is 0 Å². The number of thioether (sulfide) groups is 1. The van der Waals surface area contributed by atoms with E-state index in [4.69, 9.17) is 14.2 Å². The summed E-state index contributed by atoms with van der Waals surface area (Å²) in [5, 5.41) is 9.45. The molecule has 9 heteroatoms. The largest absolute Gasteiger partial charge is 0.493 e. The summed E-state index contributed by atoms with van der Waals surface area (Å²) >= 11 is 1.37. The predicted octanol–water partition coefficient (Wildman–Crippen LogP) is 3.75. The van der Waals surface area contributed by atoms with Crippen molar-refractivity contribution in [1.29, 1.82) is 0 Å². The van der Waals surface area contributed by atoms with Gasteiger partial charge in [-0.15, -0.1) is 10.2 Å². The van der Waals surface area contributed by atoms with Crippen molar-refractivity contribution in [3.63, 3.8) is 0 Å². The van der Waals surface area contributed by atoms with Crippen LogP contribution in [0.25, 0.3) is 11.4 Å². The third kappa shape index (κ3) is 5.60. The number of para-hydroxylation sites is 1. The molecule has 32 heavy (non-hydrogen) atoms. The van der Waals surface area contributed by atoms with E-state index < -0.39 is 0 Å². The second-order valence-electron chi connectivity index (χ2n) is 6.95. The number of aromatic nitrogens is 3. The molecular formula is C23H28N4O4S. The number of nitrogens with zero attached hydrogens (tertiary/aromatic N) is 4. The molecule has 0 aliphatic rings. The minimum Gasteiger partial charge on any atom is -0.493 e. The van der Waals surface area contributed by atoms with Crippen molar-refractivity contribution in [3.05, 3.63) is 48.5 Å². The molecule has 0 unspecified atom stereocenters. The highest BCUT2D eigenvalue weighted by Gasteiger charge is 2.18. The predicted molar refractivity (Wildman–Crippen MR) is 126 cm³/mol. The zero-order valence-electron chi connectivity index (χ0n) is 18.8. The Hall–Kier alpha value is -3.04. The summed E-state index contributed by atoms with van der Waals surface area (Å²) in [6, 6.07) is 15.2. The number of amides is 1. The molecule has 0 fully saturated rings. The minimum absolute atomic E-state index is 0.0136. The van der Waals surface area contributed by atoms with Crippen LogP contribution in [0.1, 0.15) is 6.42 Å². The van der Waals surface area contributed by atoms with Crippen LogP contribution in [0.4, 0.5) is 5.69 Å². The molecule has 3 rings (SSSR count). The summed E-state index contributed by atoms with van der Waals surface area (Å²) in [5.74, 6) is 2.20. The minimum atomic E-state index is -0.0136. The fraction of sp³-hybridized carbons (Fsp3) is 0.348. The Morgan fingerprint density at radius 1 is 1.03 bits per heavy atom. The van der Waals surface area contributed by atoms with Crippen LogP contribution in [0.5, 0.6) is 11.5 Å². The lowest BCUT2D eigenvalue weighted by molar-refractivity contribution is -0.115. The molecule has 0 aliphatic heterocycles. The van der Waals surface area contributed by atoms with E-state index in [0.717, 1.165) is 17.7 Å². The van der Waals surface area contributed by atoms with Crippen LogP contribution in [-0.2, 0) is 16.1 Å². The third-order valence-corrected chi connectivity index (χ3v) is 5.88. The summed E-state index contributed by atoms with van der Waals surface area (Å²) in [5.41, 5.74) is 1.71. The van der Waals surface area contributed by atoms with Gasteiger partial charge < -0.3 is 23.7 Å². The number of hydrogen-bond acceptors (Lipinski definition) is 7. The summed E-state index contributed by atoms with van der Waals surface area (Å²) < 4.78 is 18.0. The summed E-state index contributed by atoms with van der Waals surface area (Å²) in [7, 11) is 6.65. The standard InChI is InChI=1S/C23H28N4O4S/c1-26(18-9-6-5-7-10-18)21(28)16-32-23-25-24-22(27(23)13-8-14-29-2)17-11-12-19(30-3)20(15-17)31-4/h5-7,9-12,15H,8,13-14,16H2,1-4H3. The highest BCUT2D eigenvalue weighted by atomic mass is 32.2. The third-order valence-electron chi connectivity index (χ3n) is 4.93. The lowest BCUT2D eigenvalue weighted by atomic mass is 10.2. The van der Waals surface area contributed by atoms with Gasteiger partial charge in [-0.05, 0) is 36.8 Å². The second kappa shape index (κ2) is 11.5. The summed E-state index contributed by atoms with van der Waals surface area (Å²) in [4.78, 5) is 14.4. The van der Waals surface area contributed by atoms with Crippen LogP contribution in [0.3, 0.4) is 0 Å². The Balaban J connectivity index is 1.82. The maximum Gasteiger partial charge on any atom is 0.237 e. The normalized spacial score (nSPS) is 10.8. The lowest BCUT2D eigenvalue weighted by Crippen LogP contribution is -2.28. The molecule has 0 bridgehead atoms. The second-order valence-corrected chi connectivity index (χ2v) is 7.89. The molecule has 0 spiro atoms. The van der Waals surface area contributed by atoms with E-state index in [-0.39, 0.29) is 11.7 Å². The average Bonchev–Trinajstić information content (AvgIpc) is 3.24. The number of benzene rings is 2. The van der Waals surface area contributed by atoms with Gasteiger partial charge in [-0.1, -0.05) is 30.0 Å². The van der Waals surface area contributed by atoms with Gasteiger partial charge in [0.05, 0.1) is 20.0 Å². The number of carbonyl (C=O) groups excluding carboxylic acids is 1. The van der Waals surface area contributed by atoms with E-state index in [9.17, 15) is 4.79 Å². The molecule has 1 heterocycles. The van der Waals surface area contributed by atoms with Gasteiger partial charge in [-0.2, -0.15) is 0 Å². The van der Waals surface area contributed by atoms with E-state index in [2.05, 4.69) is 10.2 Å². The fourth-order valence-electron chi connectivity index (χ4n) is 3.17. The zero-order valence-corrected chi connectivity index (χ0v) is 19.6. The monoisotopic (exact) mass is 456 g/mol. The Morgan fingerprint density at radius 3 is 2.47 bits per heavy atom. The maximum absolute atomic E-state index is 12.7. The maximum atomic E-state index is 12.7. The van der Waals surface area contributed by atoms with Crippen LogP contribution in [0.15, 0.2) is 53.7 Å². The molecule has 2 aromatic carbocycles. The van der Waals surface area contributed by atoms with Gasteiger partial charge in [-0.25, -0.2) is 0 Å². The molecule has 0 N–H and O–H groups in total. The highest BCUT2D eigenvalue weighted by Crippen LogP contribution is 2.33. The molecule has 0 aliphatic carbocycles. The number of hydrogen-bond donors (Lipinski definition) is 0. The average molecular weight is 457 g/mol. The first-order chi connectivity index (χ1) is 15.6. The number of methoxy groups -OCH3 is 3. The number of anilines is 1. The SMILES string of the molecule is COCCCn1c(SCC(=O)N(C)c2ccccc2)nnc1-c1ccc(OC)c(OC)c1. The van der Waals surface area contributed by atoms with Crippen molar-refractivity contribution in [2.45, 2.75) is 18.1 Å². The van der Waals surface area contributed by atoms with Gasteiger partial charge in [-0.3, -0.25) is 4.79 Å². The molecule has 0 saturated heterocycles. The van der Waals surface area contributed by atoms with Crippen molar-refractivity contribution >= 4 is 23.4 Å². The number of rotatable bonds is 11. The van der Waals surface area contributed by atoms with E-state index in [1.54, 1.807) is 33.3 Å². The van der Waals surface area contributed by atoms with E-state index in [1.165, 1.54) is 11.8 Å². The molecule has 8 nitrogen and oxygen atoms in total. The highest BCUT2D eigenvalue weighted by molar-refractivity contribution is 7.99. The van der Waals surface area contributed by atoms with E-state index in [1.807, 2.05) is 53.1 Å². The van der Waals surface area contributed by atoms with Crippen molar-refractivity contribution in [1.82, 2.24) is 14.8 Å². The summed E-state index contributed by atoms with van der Waals surface area (Å²) in [6.07, 6.45) is 0.792. The van der Waals surface area contributed by atoms with Gasteiger partial charge in [0.2, 0.25) is 5.91 Å². The number of ether oxygens (including phenoxy) is 3. The van der Waals surface area contributed by atoms with Crippen LogP contribution in [-0.4, -0.2) is 61.4 Å². The van der Waals surface area contributed by atoms with Crippen LogP contribution >= 0.6 is 11.8 Å². The molecule has 3 aromatic rings. The van der Waals surface area contributed by atoms with Gasteiger partial charge in [0.25, 0.3) is 0 Å². The van der Waals surface area contributed by atoms with Crippen LogP contribution in [0.2, 0.25) is 0 Å². The quantitative estimate of drug-likeness (QED) is 0.321. The van der Waals surface area contributed by atoms with Crippen molar-refractivity contribution in [2.24, 2.45) is 0 Å². The van der Waals surface area contributed by atoms with E-state index in [0.29, 0.717) is 35.6 Å². The molecule has 1 amide bonds. The smallest absolute Gasteiger partial charge is 0.237 e. The van der Waals surface area contributed by atoms with Crippen molar-refractivity contribution < 1.29 is 19.0 Å².